The molecule has 1 aliphatic rings. The predicted molar refractivity (Wildman–Crippen MR) is 89.9 cm³/mol. The first-order chi connectivity index (χ1) is 10.5. The number of piperazine rings is 1. The summed E-state index contributed by atoms with van der Waals surface area (Å²) in [5.41, 5.74) is 1.01. The van der Waals surface area contributed by atoms with Crippen molar-refractivity contribution in [2.75, 3.05) is 38.1 Å². The lowest BCUT2D eigenvalue weighted by molar-refractivity contribution is -0.386. The SMILES string of the molecule is CC.CC(C)Oc1cc(N2CCN(C)CC2)ccc1[N+](=O)[O-]. The highest BCUT2D eigenvalue weighted by molar-refractivity contribution is 5.59. The highest BCUT2D eigenvalue weighted by atomic mass is 16.6. The van der Waals surface area contributed by atoms with Crippen molar-refractivity contribution < 1.29 is 9.66 Å². The number of rotatable bonds is 4. The molecule has 0 radical (unpaired) electrons. The number of hydrogen-bond donors (Lipinski definition) is 0. The molecular formula is C16H27N3O3. The molecule has 0 bridgehead atoms. The fourth-order valence-corrected chi connectivity index (χ4v) is 2.26. The number of nitrogens with zero attached hydrogens (tertiary/aromatic N) is 3. The van der Waals surface area contributed by atoms with Gasteiger partial charge in [0.25, 0.3) is 0 Å². The summed E-state index contributed by atoms with van der Waals surface area (Å²) in [6.07, 6.45) is -0.0866. The fourth-order valence-electron chi connectivity index (χ4n) is 2.26. The Morgan fingerprint density at radius 1 is 1.18 bits per heavy atom. The Bertz CT molecular complexity index is 484. The molecule has 0 unspecified atom stereocenters. The summed E-state index contributed by atoms with van der Waals surface area (Å²) in [5, 5.41) is 11.0. The molecule has 6 heteroatoms. The maximum Gasteiger partial charge on any atom is 0.311 e. The monoisotopic (exact) mass is 309 g/mol. The molecule has 1 aromatic rings. The third kappa shape index (κ3) is 4.87. The zero-order chi connectivity index (χ0) is 16.7. The highest BCUT2D eigenvalue weighted by Crippen LogP contribution is 2.32. The molecule has 1 heterocycles. The molecule has 1 fully saturated rings. The van der Waals surface area contributed by atoms with Crippen molar-refractivity contribution in [2.24, 2.45) is 0 Å². The zero-order valence-electron chi connectivity index (χ0n) is 14.2. The van der Waals surface area contributed by atoms with Gasteiger partial charge in [-0.25, -0.2) is 0 Å². The lowest BCUT2D eigenvalue weighted by atomic mass is 10.2. The van der Waals surface area contributed by atoms with Crippen LogP contribution in [0.25, 0.3) is 0 Å². The normalized spacial score (nSPS) is 15.3. The standard InChI is InChI=1S/C14H21N3O3.C2H6/c1-11(2)20-14-10-12(4-5-13(14)17(18)19)16-8-6-15(3)7-9-16;1-2/h4-5,10-11H,6-9H2,1-3H3;1-2H3. The summed E-state index contributed by atoms with van der Waals surface area (Å²) in [5.74, 6) is 0.349. The quantitative estimate of drug-likeness (QED) is 0.631. The molecule has 0 aromatic heterocycles. The van der Waals surface area contributed by atoms with Gasteiger partial charge in [-0.1, -0.05) is 13.8 Å². The van der Waals surface area contributed by atoms with E-state index < -0.39 is 4.92 Å². The number of nitro benzene ring substituents is 1. The van der Waals surface area contributed by atoms with Gasteiger partial charge in [0.05, 0.1) is 11.0 Å². The summed E-state index contributed by atoms with van der Waals surface area (Å²) in [6.45, 7) is 11.6. The second-order valence-electron chi connectivity index (χ2n) is 5.37. The van der Waals surface area contributed by atoms with Crippen LogP contribution in [0.1, 0.15) is 27.7 Å². The van der Waals surface area contributed by atoms with E-state index >= 15 is 0 Å². The minimum Gasteiger partial charge on any atom is -0.484 e. The van der Waals surface area contributed by atoms with Crippen LogP contribution < -0.4 is 9.64 Å². The maximum absolute atomic E-state index is 11.0. The van der Waals surface area contributed by atoms with Crippen molar-refractivity contribution in [3.63, 3.8) is 0 Å². The van der Waals surface area contributed by atoms with Crippen molar-refractivity contribution in [2.45, 2.75) is 33.8 Å². The summed E-state index contributed by atoms with van der Waals surface area (Å²) >= 11 is 0. The first-order valence-corrected chi connectivity index (χ1v) is 7.86. The molecule has 1 saturated heterocycles. The van der Waals surface area contributed by atoms with E-state index in [9.17, 15) is 10.1 Å². The van der Waals surface area contributed by atoms with E-state index in [2.05, 4.69) is 16.8 Å². The van der Waals surface area contributed by atoms with Gasteiger partial charge in [0, 0.05) is 44.0 Å². The van der Waals surface area contributed by atoms with Crippen molar-refractivity contribution in [3.05, 3.63) is 28.3 Å². The number of anilines is 1. The lowest BCUT2D eigenvalue weighted by Gasteiger charge is -2.34. The van der Waals surface area contributed by atoms with E-state index in [4.69, 9.17) is 4.74 Å². The van der Waals surface area contributed by atoms with Crippen LogP contribution in [0.2, 0.25) is 0 Å². The molecule has 0 aliphatic carbocycles. The van der Waals surface area contributed by atoms with Crippen LogP contribution in [0, 0.1) is 10.1 Å². The number of likely N-dealkylation sites (N-methyl/N-ethyl adjacent to an activating group) is 1. The van der Waals surface area contributed by atoms with Gasteiger partial charge in [-0.15, -0.1) is 0 Å². The number of nitro groups is 1. The van der Waals surface area contributed by atoms with Gasteiger partial charge in [0.15, 0.2) is 5.75 Å². The van der Waals surface area contributed by atoms with Gasteiger partial charge >= 0.3 is 5.69 Å². The summed E-state index contributed by atoms with van der Waals surface area (Å²) in [4.78, 5) is 15.1. The van der Waals surface area contributed by atoms with Gasteiger partial charge < -0.3 is 14.5 Å². The fraction of sp³-hybridized carbons (Fsp3) is 0.625. The Morgan fingerprint density at radius 2 is 1.77 bits per heavy atom. The molecule has 2 rings (SSSR count). The van der Waals surface area contributed by atoms with Crippen molar-refractivity contribution in [1.29, 1.82) is 0 Å². The third-order valence-electron chi connectivity index (χ3n) is 3.37. The Morgan fingerprint density at radius 3 is 2.27 bits per heavy atom. The first kappa shape index (κ1) is 18.2. The van der Waals surface area contributed by atoms with Crippen molar-refractivity contribution in [3.8, 4) is 5.75 Å². The minimum absolute atomic E-state index is 0.0246. The molecule has 6 nitrogen and oxygen atoms in total. The summed E-state index contributed by atoms with van der Waals surface area (Å²) in [6, 6.07) is 5.12. The average Bonchev–Trinajstić information content (AvgIpc) is 2.49. The molecule has 0 atom stereocenters. The van der Waals surface area contributed by atoms with Crippen LogP contribution in [0.5, 0.6) is 5.75 Å². The zero-order valence-corrected chi connectivity index (χ0v) is 14.2. The van der Waals surface area contributed by atoms with E-state index in [-0.39, 0.29) is 11.8 Å². The van der Waals surface area contributed by atoms with E-state index in [1.165, 1.54) is 6.07 Å². The van der Waals surface area contributed by atoms with E-state index in [0.29, 0.717) is 5.75 Å². The minimum atomic E-state index is -0.397. The van der Waals surface area contributed by atoms with Crippen molar-refractivity contribution in [1.82, 2.24) is 4.90 Å². The summed E-state index contributed by atoms with van der Waals surface area (Å²) in [7, 11) is 2.10. The molecule has 1 aromatic carbocycles. The Balaban J connectivity index is 0.00000116. The largest absolute Gasteiger partial charge is 0.484 e. The van der Waals surface area contributed by atoms with Crippen LogP contribution in [-0.4, -0.2) is 49.2 Å². The predicted octanol–water partition coefficient (Wildman–Crippen LogP) is 3.16. The molecular weight excluding hydrogens is 282 g/mol. The maximum atomic E-state index is 11.0. The second-order valence-corrected chi connectivity index (χ2v) is 5.37. The number of ether oxygens (including phenoxy) is 1. The second kappa shape index (κ2) is 8.58. The highest BCUT2D eigenvalue weighted by Gasteiger charge is 2.20. The Kier molecular flexibility index (Phi) is 7.11. The smallest absolute Gasteiger partial charge is 0.311 e. The number of benzene rings is 1. The van der Waals surface area contributed by atoms with Crippen LogP contribution in [0.3, 0.4) is 0 Å². The Hall–Kier alpha value is -1.82. The topological polar surface area (TPSA) is 58.8 Å². The first-order valence-electron chi connectivity index (χ1n) is 7.86. The van der Waals surface area contributed by atoms with E-state index in [1.54, 1.807) is 12.1 Å². The van der Waals surface area contributed by atoms with Crippen LogP contribution in [0.4, 0.5) is 11.4 Å². The lowest BCUT2D eigenvalue weighted by Crippen LogP contribution is -2.44. The van der Waals surface area contributed by atoms with E-state index in [1.807, 2.05) is 27.7 Å². The van der Waals surface area contributed by atoms with Gasteiger partial charge in [0.1, 0.15) is 0 Å². The molecule has 0 amide bonds. The molecule has 22 heavy (non-hydrogen) atoms. The molecule has 124 valence electrons. The van der Waals surface area contributed by atoms with Crippen LogP contribution in [0.15, 0.2) is 18.2 Å². The number of hydrogen-bond acceptors (Lipinski definition) is 5. The van der Waals surface area contributed by atoms with Crippen LogP contribution >= 0.6 is 0 Å². The third-order valence-corrected chi connectivity index (χ3v) is 3.37. The van der Waals surface area contributed by atoms with Gasteiger partial charge in [-0.2, -0.15) is 0 Å². The van der Waals surface area contributed by atoms with Gasteiger partial charge in [0.2, 0.25) is 0 Å². The molecule has 0 N–H and O–H groups in total. The Labute approximate surface area is 132 Å². The molecule has 0 spiro atoms. The van der Waals surface area contributed by atoms with Gasteiger partial charge in [-0.3, -0.25) is 10.1 Å². The molecule has 1 aliphatic heterocycles. The van der Waals surface area contributed by atoms with E-state index in [0.717, 1.165) is 31.9 Å². The average molecular weight is 309 g/mol. The van der Waals surface area contributed by atoms with Crippen LogP contribution in [-0.2, 0) is 0 Å². The van der Waals surface area contributed by atoms with Gasteiger partial charge in [-0.05, 0) is 27.0 Å². The summed E-state index contributed by atoms with van der Waals surface area (Å²) < 4.78 is 5.58. The molecule has 0 saturated carbocycles. The van der Waals surface area contributed by atoms with Crippen molar-refractivity contribution >= 4 is 11.4 Å².